The Balaban J connectivity index is 2.39. The SMILES string of the molecule is C#CCOc1ccccc1CNCCC(C)SC. The molecule has 1 atom stereocenters. The molecular formula is C15H21NOS. The Kier molecular flexibility index (Phi) is 7.40. The van der Waals surface area contributed by atoms with E-state index in [9.17, 15) is 0 Å². The summed E-state index contributed by atoms with van der Waals surface area (Å²) in [6.45, 7) is 4.41. The van der Waals surface area contributed by atoms with Crippen molar-refractivity contribution in [3.05, 3.63) is 29.8 Å². The van der Waals surface area contributed by atoms with Crippen LogP contribution < -0.4 is 10.1 Å². The molecule has 0 aliphatic heterocycles. The first-order valence-electron chi connectivity index (χ1n) is 6.15. The van der Waals surface area contributed by atoms with Crippen molar-refractivity contribution in [2.75, 3.05) is 19.4 Å². The van der Waals surface area contributed by atoms with Crippen molar-refractivity contribution in [3.63, 3.8) is 0 Å². The van der Waals surface area contributed by atoms with Crippen molar-refractivity contribution in [3.8, 4) is 18.1 Å². The topological polar surface area (TPSA) is 21.3 Å². The number of ether oxygens (including phenoxy) is 1. The normalized spacial score (nSPS) is 11.8. The summed E-state index contributed by atoms with van der Waals surface area (Å²) >= 11 is 1.90. The smallest absolute Gasteiger partial charge is 0.148 e. The van der Waals surface area contributed by atoms with E-state index in [1.807, 2.05) is 30.0 Å². The summed E-state index contributed by atoms with van der Waals surface area (Å²) < 4.78 is 5.51. The highest BCUT2D eigenvalue weighted by molar-refractivity contribution is 7.99. The molecule has 0 saturated carbocycles. The lowest BCUT2D eigenvalue weighted by Crippen LogP contribution is -2.18. The second-order valence-corrected chi connectivity index (χ2v) is 5.39. The Labute approximate surface area is 115 Å². The van der Waals surface area contributed by atoms with E-state index in [0.29, 0.717) is 11.9 Å². The standard InChI is InChI=1S/C15H21NOS/c1-4-11-17-15-8-6-5-7-14(15)12-16-10-9-13(2)18-3/h1,5-8,13,16H,9-12H2,2-3H3. The summed E-state index contributed by atoms with van der Waals surface area (Å²) in [5.41, 5.74) is 1.16. The molecule has 1 unspecified atom stereocenters. The average molecular weight is 263 g/mol. The quantitative estimate of drug-likeness (QED) is 0.575. The van der Waals surface area contributed by atoms with Gasteiger partial charge in [0.1, 0.15) is 12.4 Å². The molecule has 0 heterocycles. The van der Waals surface area contributed by atoms with E-state index < -0.39 is 0 Å². The summed E-state index contributed by atoms with van der Waals surface area (Å²) in [6, 6.07) is 8.01. The van der Waals surface area contributed by atoms with Crippen LogP contribution in [0, 0.1) is 12.3 Å². The third-order valence-electron chi connectivity index (χ3n) is 2.73. The molecule has 0 aromatic heterocycles. The van der Waals surface area contributed by atoms with E-state index in [0.717, 1.165) is 24.4 Å². The monoisotopic (exact) mass is 263 g/mol. The number of thioether (sulfide) groups is 1. The van der Waals surface area contributed by atoms with Gasteiger partial charge in [0, 0.05) is 17.4 Å². The molecule has 0 bridgehead atoms. The van der Waals surface area contributed by atoms with Crippen molar-refractivity contribution in [2.45, 2.75) is 25.1 Å². The van der Waals surface area contributed by atoms with Crippen molar-refractivity contribution in [1.82, 2.24) is 5.32 Å². The molecule has 1 rings (SSSR count). The first-order valence-corrected chi connectivity index (χ1v) is 7.44. The van der Waals surface area contributed by atoms with Crippen LogP contribution in [0.15, 0.2) is 24.3 Å². The summed E-state index contributed by atoms with van der Waals surface area (Å²) in [6.07, 6.45) is 8.53. The van der Waals surface area contributed by atoms with Gasteiger partial charge in [0.2, 0.25) is 0 Å². The second kappa shape index (κ2) is 8.91. The lowest BCUT2D eigenvalue weighted by Gasteiger charge is -2.12. The molecule has 2 nitrogen and oxygen atoms in total. The van der Waals surface area contributed by atoms with E-state index in [1.165, 1.54) is 6.42 Å². The fourth-order valence-corrected chi connectivity index (χ4v) is 1.91. The average Bonchev–Trinajstić information content (AvgIpc) is 2.42. The number of para-hydroxylation sites is 1. The van der Waals surface area contributed by atoms with E-state index in [2.05, 4.69) is 30.5 Å². The fourth-order valence-electron chi connectivity index (χ4n) is 1.56. The maximum Gasteiger partial charge on any atom is 0.148 e. The molecule has 0 aliphatic carbocycles. The lowest BCUT2D eigenvalue weighted by atomic mass is 10.2. The highest BCUT2D eigenvalue weighted by atomic mass is 32.2. The number of terminal acetylenes is 1. The molecule has 0 spiro atoms. The molecule has 0 saturated heterocycles. The van der Waals surface area contributed by atoms with Crippen LogP contribution in [-0.2, 0) is 6.54 Å². The van der Waals surface area contributed by atoms with Crippen LogP contribution >= 0.6 is 11.8 Å². The zero-order valence-corrected chi connectivity index (χ0v) is 11.9. The molecule has 1 aromatic carbocycles. The van der Waals surface area contributed by atoms with Crippen LogP contribution in [0.5, 0.6) is 5.75 Å². The van der Waals surface area contributed by atoms with E-state index in [1.54, 1.807) is 0 Å². The first-order chi connectivity index (χ1) is 8.77. The van der Waals surface area contributed by atoms with Crippen LogP contribution in [0.4, 0.5) is 0 Å². The van der Waals surface area contributed by atoms with Gasteiger partial charge in [0.15, 0.2) is 0 Å². The van der Waals surface area contributed by atoms with Crippen molar-refractivity contribution in [1.29, 1.82) is 0 Å². The van der Waals surface area contributed by atoms with Crippen LogP contribution in [0.3, 0.4) is 0 Å². The minimum atomic E-state index is 0.320. The molecule has 0 radical (unpaired) electrons. The van der Waals surface area contributed by atoms with Gasteiger partial charge in [-0.3, -0.25) is 0 Å². The van der Waals surface area contributed by atoms with E-state index >= 15 is 0 Å². The molecule has 3 heteroatoms. The van der Waals surface area contributed by atoms with Gasteiger partial charge in [-0.1, -0.05) is 31.0 Å². The first kappa shape index (κ1) is 14.9. The number of hydrogen-bond acceptors (Lipinski definition) is 3. The van der Waals surface area contributed by atoms with Gasteiger partial charge >= 0.3 is 0 Å². The summed E-state index contributed by atoms with van der Waals surface area (Å²) in [4.78, 5) is 0. The number of benzene rings is 1. The number of nitrogens with one attached hydrogen (secondary N) is 1. The Morgan fingerprint density at radius 3 is 2.94 bits per heavy atom. The molecule has 98 valence electrons. The Bertz CT molecular complexity index is 386. The highest BCUT2D eigenvalue weighted by Gasteiger charge is 2.03. The predicted molar refractivity (Wildman–Crippen MR) is 80.1 cm³/mol. The van der Waals surface area contributed by atoms with Gasteiger partial charge in [-0.15, -0.1) is 6.42 Å². The fraction of sp³-hybridized carbons (Fsp3) is 0.467. The maximum atomic E-state index is 5.51. The minimum absolute atomic E-state index is 0.320. The van der Waals surface area contributed by atoms with Gasteiger partial charge in [-0.2, -0.15) is 11.8 Å². The van der Waals surface area contributed by atoms with E-state index in [4.69, 9.17) is 11.2 Å². The molecular weight excluding hydrogens is 242 g/mol. The third kappa shape index (κ3) is 5.48. The van der Waals surface area contributed by atoms with Crippen LogP contribution in [-0.4, -0.2) is 24.7 Å². The predicted octanol–water partition coefficient (Wildman–Crippen LogP) is 2.93. The maximum absolute atomic E-state index is 5.51. The Morgan fingerprint density at radius 2 is 2.22 bits per heavy atom. The van der Waals surface area contributed by atoms with Gasteiger partial charge in [-0.25, -0.2) is 0 Å². The van der Waals surface area contributed by atoms with Crippen LogP contribution in [0.25, 0.3) is 0 Å². The van der Waals surface area contributed by atoms with Crippen molar-refractivity contribution in [2.24, 2.45) is 0 Å². The molecule has 18 heavy (non-hydrogen) atoms. The Morgan fingerprint density at radius 1 is 1.44 bits per heavy atom. The van der Waals surface area contributed by atoms with Crippen LogP contribution in [0.1, 0.15) is 18.9 Å². The summed E-state index contributed by atoms with van der Waals surface area (Å²) in [5, 5.41) is 4.14. The summed E-state index contributed by atoms with van der Waals surface area (Å²) in [5.74, 6) is 3.36. The second-order valence-electron chi connectivity index (χ2n) is 4.11. The zero-order valence-electron chi connectivity index (χ0n) is 11.1. The number of hydrogen-bond donors (Lipinski definition) is 1. The molecule has 1 N–H and O–H groups in total. The van der Waals surface area contributed by atoms with E-state index in [-0.39, 0.29) is 0 Å². The highest BCUT2D eigenvalue weighted by Crippen LogP contribution is 2.17. The van der Waals surface area contributed by atoms with Gasteiger partial charge in [-0.05, 0) is 25.3 Å². The largest absolute Gasteiger partial charge is 0.481 e. The molecule has 0 aliphatic rings. The Hall–Kier alpha value is -1.11. The number of rotatable bonds is 8. The minimum Gasteiger partial charge on any atom is -0.481 e. The molecule has 0 amide bonds. The summed E-state index contributed by atoms with van der Waals surface area (Å²) in [7, 11) is 0. The van der Waals surface area contributed by atoms with Gasteiger partial charge < -0.3 is 10.1 Å². The van der Waals surface area contributed by atoms with Gasteiger partial charge in [0.05, 0.1) is 0 Å². The molecule has 1 aromatic rings. The van der Waals surface area contributed by atoms with Crippen molar-refractivity contribution < 1.29 is 4.74 Å². The van der Waals surface area contributed by atoms with Crippen molar-refractivity contribution >= 4 is 11.8 Å². The lowest BCUT2D eigenvalue weighted by molar-refractivity contribution is 0.365. The van der Waals surface area contributed by atoms with Crippen LogP contribution in [0.2, 0.25) is 0 Å². The zero-order chi connectivity index (χ0) is 13.2. The van der Waals surface area contributed by atoms with Gasteiger partial charge in [0.25, 0.3) is 0 Å². The molecule has 0 fully saturated rings. The third-order valence-corrected chi connectivity index (χ3v) is 3.77.